The van der Waals surface area contributed by atoms with Gasteiger partial charge in [-0.2, -0.15) is 0 Å². The molecule has 0 radical (unpaired) electrons. The van der Waals surface area contributed by atoms with Crippen molar-refractivity contribution in [3.63, 3.8) is 0 Å². The largest absolute Gasteiger partial charge is 0.493 e. The summed E-state index contributed by atoms with van der Waals surface area (Å²) in [6.07, 6.45) is 1.91. The van der Waals surface area contributed by atoms with Crippen LogP contribution in [0.1, 0.15) is 18.0 Å². The van der Waals surface area contributed by atoms with E-state index in [-0.39, 0.29) is 17.0 Å². The van der Waals surface area contributed by atoms with Crippen molar-refractivity contribution in [1.82, 2.24) is 5.32 Å². The Kier molecular flexibility index (Phi) is 4.71. The maximum absolute atomic E-state index is 13.5. The molecule has 0 aliphatic carbocycles. The van der Waals surface area contributed by atoms with Gasteiger partial charge in [-0.25, -0.2) is 4.39 Å². The highest BCUT2D eigenvalue weighted by molar-refractivity contribution is 6.30. The number of nitrogens with one attached hydrogen (secondary N) is 1. The normalized spacial score (nSPS) is 15.8. The van der Waals surface area contributed by atoms with Gasteiger partial charge in [-0.3, -0.25) is 4.79 Å². The first-order valence-corrected chi connectivity index (χ1v) is 7.77. The van der Waals surface area contributed by atoms with Gasteiger partial charge in [0.25, 0.3) is 0 Å². The molecule has 1 aliphatic rings. The van der Waals surface area contributed by atoms with Crippen molar-refractivity contribution in [2.45, 2.75) is 12.5 Å². The fourth-order valence-corrected chi connectivity index (χ4v) is 2.61. The molecule has 0 spiro atoms. The summed E-state index contributed by atoms with van der Waals surface area (Å²) in [6, 6.07) is 9.38. The highest BCUT2D eigenvalue weighted by Crippen LogP contribution is 2.36. The number of ether oxygens (including phenoxy) is 2. The van der Waals surface area contributed by atoms with Crippen LogP contribution in [0.3, 0.4) is 0 Å². The minimum Gasteiger partial charge on any atom is -0.493 e. The monoisotopic (exact) mass is 347 g/mol. The molecule has 4 nitrogen and oxygen atoms in total. The zero-order chi connectivity index (χ0) is 17.1. The van der Waals surface area contributed by atoms with Gasteiger partial charge in [0.05, 0.1) is 17.7 Å². The number of rotatable bonds is 4. The summed E-state index contributed by atoms with van der Waals surface area (Å²) in [5.41, 5.74) is 0.867. The summed E-state index contributed by atoms with van der Waals surface area (Å²) in [5, 5.41) is 2.90. The third kappa shape index (κ3) is 3.51. The van der Waals surface area contributed by atoms with Gasteiger partial charge in [-0.05, 0) is 30.3 Å². The zero-order valence-corrected chi connectivity index (χ0v) is 13.5. The second kappa shape index (κ2) is 6.93. The van der Waals surface area contributed by atoms with Crippen LogP contribution < -0.4 is 14.8 Å². The third-order valence-corrected chi connectivity index (χ3v) is 3.96. The van der Waals surface area contributed by atoms with Crippen LogP contribution in [0.25, 0.3) is 0 Å². The van der Waals surface area contributed by atoms with Crippen molar-refractivity contribution in [3.05, 3.63) is 65.5 Å². The number of amides is 1. The second-order valence-electron chi connectivity index (χ2n) is 5.28. The number of hydrogen-bond donors (Lipinski definition) is 1. The van der Waals surface area contributed by atoms with Crippen molar-refractivity contribution in [2.75, 3.05) is 6.61 Å². The minimum absolute atomic E-state index is 0.0388. The summed E-state index contributed by atoms with van der Waals surface area (Å²) >= 11 is 5.66. The van der Waals surface area contributed by atoms with Gasteiger partial charge in [0.2, 0.25) is 5.91 Å². The Morgan fingerprint density at radius 3 is 2.83 bits per heavy atom. The number of hydrogen-bond acceptors (Lipinski definition) is 3. The molecule has 1 heterocycles. The van der Waals surface area contributed by atoms with Gasteiger partial charge in [0.1, 0.15) is 23.1 Å². The molecule has 2 aromatic carbocycles. The predicted molar refractivity (Wildman–Crippen MR) is 89.1 cm³/mol. The lowest BCUT2D eigenvalue weighted by atomic mass is 10.0. The molecule has 0 saturated heterocycles. The third-order valence-electron chi connectivity index (χ3n) is 3.65. The molecule has 0 aromatic heterocycles. The quantitative estimate of drug-likeness (QED) is 0.834. The molecule has 124 valence electrons. The molecule has 1 atom stereocenters. The summed E-state index contributed by atoms with van der Waals surface area (Å²) < 4.78 is 24.8. The van der Waals surface area contributed by atoms with Crippen LogP contribution in [-0.2, 0) is 4.79 Å². The van der Waals surface area contributed by atoms with E-state index < -0.39 is 5.82 Å². The molecular formula is C18H15ClFNO3. The Morgan fingerprint density at radius 1 is 1.33 bits per heavy atom. The highest BCUT2D eigenvalue weighted by Gasteiger charge is 2.23. The van der Waals surface area contributed by atoms with Crippen molar-refractivity contribution < 1.29 is 18.7 Å². The van der Waals surface area contributed by atoms with Crippen LogP contribution in [-0.4, -0.2) is 12.5 Å². The number of carbonyl (C=O) groups is 1. The van der Waals surface area contributed by atoms with Crippen LogP contribution in [0.4, 0.5) is 4.39 Å². The molecule has 1 N–H and O–H groups in total. The first-order valence-electron chi connectivity index (χ1n) is 7.39. The lowest BCUT2D eigenvalue weighted by molar-refractivity contribution is -0.117. The molecule has 6 heteroatoms. The Balaban J connectivity index is 1.81. The minimum atomic E-state index is -0.546. The van der Waals surface area contributed by atoms with Crippen LogP contribution in [0, 0.1) is 5.82 Å². The summed E-state index contributed by atoms with van der Waals surface area (Å²) in [7, 11) is 0. The summed E-state index contributed by atoms with van der Waals surface area (Å²) in [5.74, 6) is 0.693. The van der Waals surface area contributed by atoms with Crippen molar-refractivity contribution in [1.29, 1.82) is 0 Å². The van der Waals surface area contributed by atoms with E-state index in [1.165, 1.54) is 18.2 Å². The van der Waals surface area contributed by atoms with Crippen LogP contribution >= 0.6 is 11.6 Å². The maximum Gasteiger partial charge on any atom is 0.243 e. The summed E-state index contributed by atoms with van der Waals surface area (Å²) in [4.78, 5) is 11.5. The first kappa shape index (κ1) is 16.3. The van der Waals surface area contributed by atoms with Gasteiger partial charge < -0.3 is 14.8 Å². The lowest BCUT2D eigenvalue weighted by Gasteiger charge is -2.26. The lowest BCUT2D eigenvalue weighted by Crippen LogP contribution is -2.30. The molecule has 0 bridgehead atoms. The van der Waals surface area contributed by atoms with E-state index in [0.29, 0.717) is 30.3 Å². The first-order chi connectivity index (χ1) is 11.6. The van der Waals surface area contributed by atoms with Crippen molar-refractivity contribution in [2.24, 2.45) is 0 Å². The molecule has 24 heavy (non-hydrogen) atoms. The maximum atomic E-state index is 13.5. The van der Waals surface area contributed by atoms with Crippen molar-refractivity contribution >= 4 is 17.5 Å². The van der Waals surface area contributed by atoms with Gasteiger partial charge >= 0.3 is 0 Å². The Bertz CT molecular complexity index is 794. The zero-order valence-electron chi connectivity index (χ0n) is 12.7. The van der Waals surface area contributed by atoms with Gasteiger partial charge in [-0.1, -0.05) is 18.2 Å². The molecule has 1 aliphatic heterocycles. The van der Waals surface area contributed by atoms with E-state index in [1.807, 2.05) is 6.07 Å². The number of benzene rings is 2. The average Bonchev–Trinajstić information content (AvgIpc) is 2.58. The summed E-state index contributed by atoms with van der Waals surface area (Å²) in [6.45, 7) is 3.93. The Morgan fingerprint density at radius 2 is 2.08 bits per heavy atom. The number of carbonyl (C=O) groups excluding carboxylic acids is 1. The fraction of sp³-hybridized carbons (Fsp3) is 0.167. The molecule has 2 aromatic rings. The molecule has 1 amide bonds. The Hall–Kier alpha value is -2.53. The van der Waals surface area contributed by atoms with Crippen molar-refractivity contribution in [3.8, 4) is 17.2 Å². The van der Waals surface area contributed by atoms with Crippen LogP contribution in [0.5, 0.6) is 17.2 Å². The van der Waals surface area contributed by atoms with Crippen LogP contribution in [0.2, 0.25) is 5.02 Å². The topological polar surface area (TPSA) is 47.6 Å². The van der Waals surface area contributed by atoms with E-state index in [1.54, 1.807) is 18.2 Å². The van der Waals surface area contributed by atoms with E-state index in [4.69, 9.17) is 21.1 Å². The van der Waals surface area contributed by atoms with Gasteiger partial charge in [0.15, 0.2) is 0 Å². The van der Waals surface area contributed by atoms with Gasteiger partial charge in [-0.15, -0.1) is 0 Å². The molecule has 0 fully saturated rings. The SMILES string of the molecule is C=CC(=O)NC1CCOc2cc(Oc3ccc(Cl)c(F)c3)ccc21. The second-order valence-corrected chi connectivity index (χ2v) is 5.69. The highest BCUT2D eigenvalue weighted by atomic mass is 35.5. The fourth-order valence-electron chi connectivity index (χ4n) is 2.49. The molecular weight excluding hydrogens is 333 g/mol. The number of halogens is 2. The average molecular weight is 348 g/mol. The smallest absolute Gasteiger partial charge is 0.243 e. The molecule has 0 saturated carbocycles. The molecule has 1 unspecified atom stereocenters. The molecule has 3 rings (SSSR count). The Labute approximate surface area is 143 Å². The van der Waals surface area contributed by atoms with E-state index >= 15 is 0 Å². The van der Waals surface area contributed by atoms with Gasteiger partial charge in [0, 0.05) is 24.1 Å². The van der Waals surface area contributed by atoms with E-state index in [9.17, 15) is 9.18 Å². The number of fused-ring (bicyclic) bond motifs is 1. The standard InChI is InChI=1S/C18H15ClFNO3/c1-2-18(22)21-16-7-8-23-17-10-12(3-5-13(16)17)24-11-4-6-14(19)15(20)9-11/h2-6,9-10,16H,1,7-8H2,(H,21,22). The van der Waals surface area contributed by atoms with E-state index in [2.05, 4.69) is 11.9 Å². The van der Waals surface area contributed by atoms with Crippen LogP contribution in [0.15, 0.2) is 49.1 Å². The predicted octanol–water partition coefficient (Wildman–Crippen LogP) is 4.40. The van der Waals surface area contributed by atoms with E-state index in [0.717, 1.165) is 5.56 Å².